The van der Waals surface area contributed by atoms with Crippen molar-refractivity contribution in [2.45, 2.75) is 20.0 Å². The van der Waals surface area contributed by atoms with E-state index in [9.17, 15) is 18.0 Å². The highest BCUT2D eigenvalue weighted by atomic mass is 19.4. The molecule has 1 aliphatic heterocycles. The molecule has 8 heteroatoms. The molecular formula is C12H15F3N4O. The van der Waals surface area contributed by atoms with Gasteiger partial charge < -0.3 is 10.6 Å². The van der Waals surface area contributed by atoms with Gasteiger partial charge in [-0.15, -0.1) is 0 Å². The number of nitrogens with two attached hydrogens (primary N) is 1. The van der Waals surface area contributed by atoms with E-state index >= 15 is 0 Å². The normalized spacial score (nSPS) is 23.1. The van der Waals surface area contributed by atoms with Gasteiger partial charge in [-0.2, -0.15) is 13.2 Å². The number of carbonyl (C=O) groups is 1. The third kappa shape index (κ3) is 2.83. The summed E-state index contributed by atoms with van der Waals surface area (Å²) in [5, 5.41) is 0. The molecule has 0 spiro atoms. The van der Waals surface area contributed by atoms with Crippen LogP contribution in [0.3, 0.4) is 0 Å². The fourth-order valence-corrected chi connectivity index (χ4v) is 2.47. The average molecular weight is 288 g/mol. The van der Waals surface area contributed by atoms with Crippen molar-refractivity contribution >= 4 is 11.7 Å². The Morgan fingerprint density at radius 2 is 2.00 bits per heavy atom. The molecule has 5 nitrogen and oxygen atoms in total. The first-order valence-corrected chi connectivity index (χ1v) is 6.11. The highest BCUT2D eigenvalue weighted by Gasteiger charge is 2.52. The third-order valence-electron chi connectivity index (χ3n) is 3.38. The summed E-state index contributed by atoms with van der Waals surface area (Å²) in [5.74, 6) is -3.06. The molecular weight excluding hydrogens is 273 g/mol. The molecule has 20 heavy (non-hydrogen) atoms. The minimum absolute atomic E-state index is 0.0740. The standard InChI is InChI=1S/C12H15F3N4O/c1-6-3-10(18-7(2)17-6)19-4-8(11(16)20)9(5-19)12(13,14)15/h3,8-9H,4-5H2,1-2H3,(H2,16,20)/t8-,9-/m1/s1. The van der Waals surface area contributed by atoms with E-state index in [1.165, 1.54) is 4.90 Å². The number of halogens is 3. The number of rotatable bonds is 2. The molecule has 1 aromatic rings. The van der Waals surface area contributed by atoms with Gasteiger partial charge in [0.1, 0.15) is 11.6 Å². The lowest BCUT2D eigenvalue weighted by Crippen LogP contribution is -2.37. The van der Waals surface area contributed by atoms with E-state index in [2.05, 4.69) is 9.97 Å². The molecule has 1 saturated heterocycles. The van der Waals surface area contributed by atoms with Gasteiger partial charge in [0.25, 0.3) is 0 Å². The van der Waals surface area contributed by atoms with Gasteiger partial charge >= 0.3 is 6.18 Å². The highest BCUT2D eigenvalue weighted by Crippen LogP contribution is 2.38. The zero-order valence-corrected chi connectivity index (χ0v) is 11.1. The van der Waals surface area contributed by atoms with Crippen LogP contribution in [0.5, 0.6) is 0 Å². The molecule has 0 unspecified atom stereocenters. The molecule has 0 saturated carbocycles. The quantitative estimate of drug-likeness (QED) is 0.887. The summed E-state index contributed by atoms with van der Waals surface area (Å²) in [4.78, 5) is 20.9. The van der Waals surface area contributed by atoms with Crippen LogP contribution in [0.25, 0.3) is 0 Å². The second-order valence-electron chi connectivity index (χ2n) is 4.98. The zero-order chi connectivity index (χ0) is 15.1. The first-order valence-electron chi connectivity index (χ1n) is 6.11. The zero-order valence-electron chi connectivity index (χ0n) is 11.1. The predicted molar refractivity (Wildman–Crippen MR) is 65.9 cm³/mol. The third-order valence-corrected chi connectivity index (χ3v) is 3.38. The minimum Gasteiger partial charge on any atom is -0.369 e. The number of aromatic nitrogens is 2. The molecule has 0 aromatic carbocycles. The summed E-state index contributed by atoms with van der Waals surface area (Å²) in [6.45, 7) is 3.02. The van der Waals surface area contributed by atoms with E-state index in [-0.39, 0.29) is 13.1 Å². The van der Waals surface area contributed by atoms with Crippen LogP contribution < -0.4 is 10.6 Å². The molecule has 2 heterocycles. The van der Waals surface area contributed by atoms with E-state index in [0.29, 0.717) is 17.3 Å². The summed E-state index contributed by atoms with van der Waals surface area (Å²) in [7, 11) is 0. The maximum Gasteiger partial charge on any atom is 0.394 e. The van der Waals surface area contributed by atoms with Crippen molar-refractivity contribution in [3.05, 3.63) is 17.6 Å². The highest BCUT2D eigenvalue weighted by molar-refractivity contribution is 5.78. The second-order valence-corrected chi connectivity index (χ2v) is 4.98. The van der Waals surface area contributed by atoms with E-state index in [4.69, 9.17) is 5.73 Å². The number of aryl methyl sites for hydroxylation is 2. The maximum absolute atomic E-state index is 13.0. The van der Waals surface area contributed by atoms with Gasteiger partial charge in [-0.1, -0.05) is 0 Å². The number of alkyl halides is 3. The van der Waals surface area contributed by atoms with Crippen molar-refractivity contribution in [2.24, 2.45) is 17.6 Å². The van der Waals surface area contributed by atoms with Crippen LogP contribution in [-0.4, -0.2) is 35.1 Å². The summed E-state index contributed by atoms with van der Waals surface area (Å²) in [5.41, 5.74) is 5.75. The molecule has 0 radical (unpaired) electrons. The lowest BCUT2D eigenvalue weighted by Gasteiger charge is -2.19. The van der Waals surface area contributed by atoms with Gasteiger partial charge in [0, 0.05) is 24.8 Å². The Bertz CT molecular complexity index is 512. The lowest BCUT2D eigenvalue weighted by atomic mass is 9.95. The summed E-state index contributed by atoms with van der Waals surface area (Å²) < 4.78 is 38.9. The van der Waals surface area contributed by atoms with Crippen molar-refractivity contribution in [3.63, 3.8) is 0 Å². The molecule has 0 aliphatic carbocycles. The number of hydrogen-bond acceptors (Lipinski definition) is 4. The van der Waals surface area contributed by atoms with Crippen LogP contribution in [0.4, 0.5) is 19.0 Å². The SMILES string of the molecule is Cc1cc(N2C[C@@H](C(F)(F)F)[C@H](C(N)=O)C2)nc(C)n1. The van der Waals surface area contributed by atoms with Crippen LogP contribution in [0.2, 0.25) is 0 Å². The second kappa shape index (κ2) is 4.92. The van der Waals surface area contributed by atoms with Crippen LogP contribution in [0.1, 0.15) is 11.5 Å². The van der Waals surface area contributed by atoms with Crippen molar-refractivity contribution in [1.82, 2.24) is 9.97 Å². The molecule has 2 N–H and O–H groups in total. The monoisotopic (exact) mass is 288 g/mol. The molecule has 2 atom stereocenters. The average Bonchev–Trinajstić information content (AvgIpc) is 2.71. The molecule has 1 aromatic heterocycles. The molecule has 2 rings (SSSR count). The fourth-order valence-electron chi connectivity index (χ4n) is 2.47. The van der Waals surface area contributed by atoms with E-state index in [1.54, 1.807) is 19.9 Å². The Morgan fingerprint density at radius 3 is 2.45 bits per heavy atom. The molecule has 1 aliphatic rings. The van der Waals surface area contributed by atoms with Gasteiger partial charge in [0.15, 0.2) is 0 Å². The Morgan fingerprint density at radius 1 is 1.35 bits per heavy atom. The predicted octanol–water partition coefficient (Wildman–Crippen LogP) is 1.19. The number of anilines is 1. The number of primary amides is 1. The lowest BCUT2D eigenvalue weighted by molar-refractivity contribution is -0.181. The number of nitrogens with zero attached hydrogens (tertiary/aromatic N) is 3. The van der Waals surface area contributed by atoms with Gasteiger partial charge in [-0.05, 0) is 13.8 Å². The van der Waals surface area contributed by atoms with E-state index < -0.39 is 23.9 Å². The van der Waals surface area contributed by atoms with Gasteiger partial charge in [0.05, 0.1) is 11.8 Å². The Labute approximate surface area is 114 Å². The first kappa shape index (κ1) is 14.5. The van der Waals surface area contributed by atoms with Crippen LogP contribution >= 0.6 is 0 Å². The van der Waals surface area contributed by atoms with Crippen LogP contribution in [0.15, 0.2) is 6.07 Å². The number of amides is 1. The number of hydrogen-bond donors (Lipinski definition) is 1. The van der Waals surface area contributed by atoms with E-state index in [0.717, 1.165) is 0 Å². The molecule has 1 amide bonds. The molecule has 110 valence electrons. The Kier molecular flexibility index (Phi) is 3.58. The Balaban J connectivity index is 2.30. The first-order chi connectivity index (χ1) is 9.18. The van der Waals surface area contributed by atoms with Gasteiger partial charge in [-0.3, -0.25) is 4.79 Å². The van der Waals surface area contributed by atoms with Crippen molar-refractivity contribution in [1.29, 1.82) is 0 Å². The summed E-state index contributed by atoms with van der Waals surface area (Å²) in [6.07, 6.45) is -4.45. The van der Waals surface area contributed by atoms with Crippen molar-refractivity contribution in [2.75, 3.05) is 18.0 Å². The molecule has 0 bridgehead atoms. The van der Waals surface area contributed by atoms with E-state index in [1.807, 2.05) is 0 Å². The summed E-state index contributed by atoms with van der Waals surface area (Å²) in [6, 6.07) is 1.60. The van der Waals surface area contributed by atoms with Crippen LogP contribution in [-0.2, 0) is 4.79 Å². The molecule has 1 fully saturated rings. The topological polar surface area (TPSA) is 72.1 Å². The number of carbonyl (C=O) groups excluding carboxylic acids is 1. The van der Waals surface area contributed by atoms with Gasteiger partial charge in [0.2, 0.25) is 5.91 Å². The van der Waals surface area contributed by atoms with Crippen molar-refractivity contribution < 1.29 is 18.0 Å². The maximum atomic E-state index is 13.0. The largest absolute Gasteiger partial charge is 0.394 e. The smallest absolute Gasteiger partial charge is 0.369 e. The fraction of sp³-hybridized carbons (Fsp3) is 0.583. The summed E-state index contributed by atoms with van der Waals surface area (Å²) >= 11 is 0. The minimum atomic E-state index is -4.45. The van der Waals surface area contributed by atoms with Gasteiger partial charge in [-0.25, -0.2) is 9.97 Å². The Hall–Kier alpha value is -1.86. The van der Waals surface area contributed by atoms with Crippen molar-refractivity contribution in [3.8, 4) is 0 Å². The van der Waals surface area contributed by atoms with Crippen LogP contribution in [0, 0.1) is 25.7 Å².